The second kappa shape index (κ2) is 5.56. The van der Waals surface area contributed by atoms with Crippen LogP contribution in [-0.2, 0) is 0 Å². The number of aromatic nitrogens is 1. The molecule has 1 aromatic carbocycles. The lowest BCUT2D eigenvalue weighted by Crippen LogP contribution is -1.98. The molecule has 0 amide bonds. The maximum Gasteiger partial charge on any atom is 0.222 e. The number of halogens is 1. The number of nitrogens with zero attached hydrogens (tertiary/aromatic N) is 1. The Morgan fingerprint density at radius 1 is 1.26 bits per heavy atom. The van der Waals surface area contributed by atoms with Gasteiger partial charge in [-0.15, -0.1) is 0 Å². The van der Waals surface area contributed by atoms with E-state index in [9.17, 15) is 4.39 Å². The number of hydrogen-bond donors (Lipinski definition) is 1. The van der Waals surface area contributed by atoms with Crippen molar-refractivity contribution in [3.63, 3.8) is 0 Å². The molecule has 0 saturated carbocycles. The standard InChI is InChI=1S/C14H15FN2O2/c1-3-18-13-5-4-6-14(17-13)19-12-7-9(2)11(16)8-10(12)15/h4-8H,3,16H2,1-2H3. The highest BCUT2D eigenvalue weighted by atomic mass is 19.1. The van der Waals surface area contributed by atoms with Crippen LogP contribution in [-0.4, -0.2) is 11.6 Å². The number of aryl methyl sites for hydroxylation is 1. The highest BCUT2D eigenvalue weighted by Gasteiger charge is 2.09. The zero-order valence-electron chi connectivity index (χ0n) is 10.8. The van der Waals surface area contributed by atoms with Crippen LogP contribution in [0.1, 0.15) is 12.5 Å². The Labute approximate surface area is 111 Å². The van der Waals surface area contributed by atoms with Crippen LogP contribution < -0.4 is 15.2 Å². The topological polar surface area (TPSA) is 57.4 Å². The van der Waals surface area contributed by atoms with E-state index in [1.807, 2.05) is 6.92 Å². The second-order valence-corrected chi connectivity index (χ2v) is 3.99. The largest absolute Gasteiger partial charge is 0.478 e. The Kier molecular flexibility index (Phi) is 3.85. The number of pyridine rings is 1. The maximum atomic E-state index is 13.7. The van der Waals surface area contributed by atoms with Gasteiger partial charge in [0.2, 0.25) is 11.8 Å². The van der Waals surface area contributed by atoms with E-state index in [1.165, 1.54) is 6.07 Å². The van der Waals surface area contributed by atoms with Gasteiger partial charge in [-0.3, -0.25) is 0 Å². The zero-order chi connectivity index (χ0) is 13.8. The van der Waals surface area contributed by atoms with Gasteiger partial charge >= 0.3 is 0 Å². The Hall–Kier alpha value is -2.30. The smallest absolute Gasteiger partial charge is 0.222 e. The van der Waals surface area contributed by atoms with E-state index in [2.05, 4.69) is 4.98 Å². The first-order valence-electron chi connectivity index (χ1n) is 5.93. The molecular weight excluding hydrogens is 247 g/mol. The van der Waals surface area contributed by atoms with Gasteiger partial charge < -0.3 is 15.2 Å². The monoisotopic (exact) mass is 262 g/mol. The summed E-state index contributed by atoms with van der Waals surface area (Å²) in [7, 11) is 0. The molecule has 2 aromatic rings. The summed E-state index contributed by atoms with van der Waals surface area (Å²) in [5, 5.41) is 0. The first kappa shape index (κ1) is 13.1. The van der Waals surface area contributed by atoms with Crippen LogP contribution in [0, 0.1) is 12.7 Å². The minimum atomic E-state index is -0.522. The van der Waals surface area contributed by atoms with Gasteiger partial charge in [-0.1, -0.05) is 6.07 Å². The van der Waals surface area contributed by atoms with Crippen molar-refractivity contribution in [1.29, 1.82) is 0 Å². The van der Waals surface area contributed by atoms with E-state index >= 15 is 0 Å². The van der Waals surface area contributed by atoms with E-state index in [0.29, 0.717) is 18.2 Å². The number of hydrogen-bond acceptors (Lipinski definition) is 4. The molecule has 5 heteroatoms. The number of rotatable bonds is 4. The molecule has 2 rings (SSSR count). The van der Waals surface area contributed by atoms with Crippen molar-refractivity contribution in [2.75, 3.05) is 12.3 Å². The number of benzene rings is 1. The quantitative estimate of drug-likeness (QED) is 0.859. The molecule has 19 heavy (non-hydrogen) atoms. The second-order valence-electron chi connectivity index (χ2n) is 3.99. The van der Waals surface area contributed by atoms with Crippen molar-refractivity contribution in [2.45, 2.75) is 13.8 Å². The summed E-state index contributed by atoms with van der Waals surface area (Å²) in [5.74, 6) is 0.279. The number of ether oxygens (including phenoxy) is 2. The summed E-state index contributed by atoms with van der Waals surface area (Å²) in [6, 6.07) is 7.85. The van der Waals surface area contributed by atoms with E-state index < -0.39 is 5.82 Å². The molecule has 0 unspecified atom stereocenters. The van der Waals surface area contributed by atoms with Crippen LogP contribution in [0.4, 0.5) is 10.1 Å². The van der Waals surface area contributed by atoms with E-state index in [4.69, 9.17) is 15.2 Å². The molecule has 1 heterocycles. The number of nitrogens with two attached hydrogens (primary N) is 1. The molecule has 0 bridgehead atoms. The molecule has 1 aromatic heterocycles. The van der Waals surface area contributed by atoms with Crippen LogP contribution in [0.5, 0.6) is 17.5 Å². The van der Waals surface area contributed by atoms with Crippen molar-refractivity contribution in [2.24, 2.45) is 0 Å². The summed E-state index contributed by atoms with van der Waals surface area (Å²) in [6.45, 7) is 4.15. The van der Waals surface area contributed by atoms with Crippen molar-refractivity contribution in [1.82, 2.24) is 4.98 Å². The van der Waals surface area contributed by atoms with E-state index in [-0.39, 0.29) is 11.6 Å². The van der Waals surface area contributed by atoms with Gasteiger partial charge in [0.15, 0.2) is 11.6 Å². The van der Waals surface area contributed by atoms with Gasteiger partial charge in [0.25, 0.3) is 0 Å². The highest BCUT2D eigenvalue weighted by Crippen LogP contribution is 2.28. The molecule has 0 aliphatic carbocycles. The summed E-state index contributed by atoms with van der Waals surface area (Å²) < 4.78 is 24.4. The SMILES string of the molecule is CCOc1cccc(Oc2cc(C)c(N)cc2F)n1. The average Bonchev–Trinajstić information content (AvgIpc) is 2.37. The Morgan fingerprint density at radius 3 is 2.74 bits per heavy atom. The Morgan fingerprint density at radius 2 is 2.00 bits per heavy atom. The first-order chi connectivity index (χ1) is 9.10. The molecule has 0 spiro atoms. The third kappa shape index (κ3) is 3.13. The maximum absolute atomic E-state index is 13.7. The van der Waals surface area contributed by atoms with Gasteiger partial charge in [-0.05, 0) is 25.5 Å². The van der Waals surface area contributed by atoms with Crippen LogP contribution in [0.3, 0.4) is 0 Å². The summed E-state index contributed by atoms with van der Waals surface area (Å²) in [4.78, 5) is 4.11. The normalized spacial score (nSPS) is 10.3. The summed E-state index contributed by atoms with van der Waals surface area (Å²) >= 11 is 0. The third-order valence-electron chi connectivity index (χ3n) is 2.53. The van der Waals surface area contributed by atoms with Crippen LogP contribution in [0.25, 0.3) is 0 Å². The number of nitrogen functional groups attached to an aromatic ring is 1. The molecule has 0 radical (unpaired) electrons. The van der Waals surface area contributed by atoms with E-state index in [0.717, 1.165) is 5.56 Å². The lowest BCUT2D eigenvalue weighted by Gasteiger charge is -2.09. The minimum absolute atomic E-state index is 0.0906. The molecular formula is C14H15FN2O2. The fourth-order valence-corrected chi connectivity index (χ4v) is 1.54. The lowest BCUT2D eigenvalue weighted by molar-refractivity contribution is 0.320. The molecule has 4 nitrogen and oxygen atoms in total. The Bertz CT molecular complexity index is 588. The summed E-state index contributed by atoms with van der Waals surface area (Å²) in [6.07, 6.45) is 0. The van der Waals surface area contributed by atoms with Crippen molar-refractivity contribution >= 4 is 5.69 Å². The predicted molar refractivity (Wildman–Crippen MR) is 71.0 cm³/mol. The van der Waals surface area contributed by atoms with Gasteiger partial charge in [0.05, 0.1) is 6.61 Å². The fraction of sp³-hybridized carbons (Fsp3) is 0.214. The van der Waals surface area contributed by atoms with Crippen molar-refractivity contribution in [3.8, 4) is 17.5 Å². The van der Waals surface area contributed by atoms with Gasteiger partial charge in [0.1, 0.15) is 0 Å². The molecule has 0 saturated heterocycles. The molecule has 0 atom stereocenters. The van der Waals surface area contributed by atoms with Crippen LogP contribution in [0.15, 0.2) is 30.3 Å². The molecule has 0 aliphatic heterocycles. The molecule has 2 N–H and O–H groups in total. The van der Waals surface area contributed by atoms with Crippen molar-refractivity contribution in [3.05, 3.63) is 41.7 Å². The van der Waals surface area contributed by atoms with Gasteiger partial charge in [0, 0.05) is 23.9 Å². The van der Waals surface area contributed by atoms with Crippen molar-refractivity contribution < 1.29 is 13.9 Å². The predicted octanol–water partition coefficient (Wildman–Crippen LogP) is 3.30. The van der Waals surface area contributed by atoms with Crippen LogP contribution >= 0.6 is 0 Å². The van der Waals surface area contributed by atoms with Gasteiger partial charge in [-0.2, -0.15) is 4.98 Å². The first-order valence-corrected chi connectivity index (χ1v) is 5.93. The lowest BCUT2D eigenvalue weighted by atomic mass is 10.2. The molecule has 0 fully saturated rings. The average molecular weight is 262 g/mol. The summed E-state index contributed by atoms with van der Waals surface area (Å²) in [5.41, 5.74) is 6.75. The molecule has 0 aliphatic rings. The number of anilines is 1. The minimum Gasteiger partial charge on any atom is -0.478 e. The molecule has 100 valence electrons. The highest BCUT2D eigenvalue weighted by molar-refractivity contribution is 5.51. The van der Waals surface area contributed by atoms with E-state index in [1.54, 1.807) is 31.2 Å². The van der Waals surface area contributed by atoms with Gasteiger partial charge in [-0.25, -0.2) is 4.39 Å². The third-order valence-corrected chi connectivity index (χ3v) is 2.53. The zero-order valence-corrected chi connectivity index (χ0v) is 10.8. The fourth-order valence-electron chi connectivity index (χ4n) is 1.54. The Balaban J connectivity index is 2.25. The van der Waals surface area contributed by atoms with Crippen LogP contribution in [0.2, 0.25) is 0 Å².